The minimum Gasteiger partial charge on any atom is -0.396 e. The van der Waals surface area contributed by atoms with Crippen LogP contribution >= 0.6 is 0 Å². The van der Waals surface area contributed by atoms with Crippen LogP contribution in [0.5, 0.6) is 0 Å². The lowest BCUT2D eigenvalue weighted by molar-refractivity contribution is 0.262. The van der Waals surface area contributed by atoms with Crippen molar-refractivity contribution >= 4 is 0 Å². The van der Waals surface area contributed by atoms with Crippen LogP contribution in [0.1, 0.15) is 39.5 Å². The van der Waals surface area contributed by atoms with Gasteiger partial charge in [-0.2, -0.15) is 0 Å². The number of fused-ring (bicyclic) bond motifs is 1. The van der Waals surface area contributed by atoms with Gasteiger partial charge in [0, 0.05) is 6.61 Å². The van der Waals surface area contributed by atoms with E-state index in [1.807, 2.05) is 0 Å². The first-order valence-electron chi connectivity index (χ1n) is 5.50. The van der Waals surface area contributed by atoms with Crippen LogP contribution in [0.25, 0.3) is 0 Å². The summed E-state index contributed by atoms with van der Waals surface area (Å²) in [5.41, 5.74) is 3.20. The van der Waals surface area contributed by atoms with E-state index in [1.54, 1.807) is 11.1 Å². The average molecular weight is 180 g/mol. The zero-order valence-corrected chi connectivity index (χ0v) is 8.71. The molecule has 0 heterocycles. The SMILES string of the molecule is C/C1=C(\C)CC[C@H]2[C@H](CO)[C@H]2CC1. The molecule has 3 atom stereocenters. The van der Waals surface area contributed by atoms with Gasteiger partial charge in [-0.3, -0.25) is 0 Å². The van der Waals surface area contributed by atoms with Crippen LogP contribution in [0, 0.1) is 17.8 Å². The summed E-state index contributed by atoms with van der Waals surface area (Å²) in [7, 11) is 0. The minimum atomic E-state index is 0.424. The van der Waals surface area contributed by atoms with Crippen LogP contribution in [0.15, 0.2) is 11.1 Å². The van der Waals surface area contributed by atoms with Crippen molar-refractivity contribution in [2.75, 3.05) is 6.61 Å². The first-order chi connectivity index (χ1) is 6.24. The number of aliphatic hydroxyl groups is 1. The standard InChI is InChI=1S/C12H20O/c1-8-3-5-10-11(12(10)7-13)6-4-9(8)2/h10-13H,3-7H2,1-2H3/b9-8-/t10-,11+,12+. The summed E-state index contributed by atoms with van der Waals surface area (Å²) < 4.78 is 0. The van der Waals surface area contributed by atoms with Crippen LogP contribution in [-0.4, -0.2) is 11.7 Å². The Morgan fingerprint density at radius 2 is 1.54 bits per heavy atom. The van der Waals surface area contributed by atoms with E-state index in [1.165, 1.54) is 25.7 Å². The van der Waals surface area contributed by atoms with E-state index in [4.69, 9.17) is 5.11 Å². The molecule has 0 aliphatic heterocycles. The lowest BCUT2D eigenvalue weighted by Crippen LogP contribution is -1.94. The Hall–Kier alpha value is -0.300. The fraction of sp³-hybridized carbons (Fsp3) is 0.833. The maximum Gasteiger partial charge on any atom is 0.0464 e. The van der Waals surface area contributed by atoms with Crippen molar-refractivity contribution in [2.45, 2.75) is 39.5 Å². The van der Waals surface area contributed by atoms with Crippen LogP contribution in [-0.2, 0) is 0 Å². The molecule has 1 saturated carbocycles. The first kappa shape index (κ1) is 9.26. The van der Waals surface area contributed by atoms with Crippen molar-refractivity contribution in [2.24, 2.45) is 17.8 Å². The van der Waals surface area contributed by atoms with Gasteiger partial charge in [0.2, 0.25) is 0 Å². The summed E-state index contributed by atoms with van der Waals surface area (Å²) >= 11 is 0. The number of hydrogen-bond acceptors (Lipinski definition) is 1. The molecule has 0 aromatic carbocycles. The minimum absolute atomic E-state index is 0.424. The summed E-state index contributed by atoms with van der Waals surface area (Å²) in [4.78, 5) is 0. The predicted molar refractivity (Wildman–Crippen MR) is 54.4 cm³/mol. The van der Waals surface area contributed by atoms with Gasteiger partial charge in [0.15, 0.2) is 0 Å². The summed E-state index contributed by atoms with van der Waals surface area (Å²) in [5, 5.41) is 9.14. The van der Waals surface area contributed by atoms with Gasteiger partial charge in [-0.05, 0) is 57.3 Å². The second kappa shape index (κ2) is 3.45. The van der Waals surface area contributed by atoms with Crippen molar-refractivity contribution in [3.05, 3.63) is 11.1 Å². The van der Waals surface area contributed by atoms with Crippen LogP contribution in [0.4, 0.5) is 0 Å². The third-order valence-electron chi connectivity index (χ3n) is 4.15. The van der Waals surface area contributed by atoms with Gasteiger partial charge in [-0.15, -0.1) is 0 Å². The van der Waals surface area contributed by atoms with E-state index < -0.39 is 0 Å². The van der Waals surface area contributed by atoms with Crippen molar-refractivity contribution in [3.8, 4) is 0 Å². The van der Waals surface area contributed by atoms with Crippen molar-refractivity contribution in [3.63, 3.8) is 0 Å². The van der Waals surface area contributed by atoms with Gasteiger partial charge in [-0.25, -0.2) is 0 Å². The normalized spacial score (nSPS) is 45.0. The molecular formula is C12H20O. The highest BCUT2D eigenvalue weighted by Gasteiger charge is 2.48. The molecule has 1 N–H and O–H groups in total. The van der Waals surface area contributed by atoms with Gasteiger partial charge < -0.3 is 5.11 Å². The van der Waals surface area contributed by atoms with Gasteiger partial charge in [0.1, 0.15) is 0 Å². The molecule has 0 unspecified atom stereocenters. The molecule has 1 nitrogen and oxygen atoms in total. The van der Waals surface area contributed by atoms with E-state index >= 15 is 0 Å². The molecule has 0 aromatic heterocycles. The number of aliphatic hydroxyl groups excluding tert-OH is 1. The third kappa shape index (κ3) is 1.67. The predicted octanol–water partition coefficient (Wildman–Crippen LogP) is 2.75. The molecule has 74 valence electrons. The fourth-order valence-corrected chi connectivity index (χ4v) is 2.84. The van der Waals surface area contributed by atoms with Crippen molar-refractivity contribution in [1.29, 1.82) is 0 Å². The molecule has 0 bridgehead atoms. The molecule has 2 rings (SSSR count). The summed E-state index contributed by atoms with van der Waals surface area (Å²) in [6.07, 6.45) is 5.17. The number of hydrogen-bond donors (Lipinski definition) is 1. The number of rotatable bonds is 1. The second-order valence-corrected chi connectivity index (χ2v) is 4.81. The topological polar surface area (TPSA) is 20.2 Å². The molecule has 13 heavy (non-hydrogen) atoms. The highest BCUT2D eigenvalue weighted by atomic mass is 16.3. The molecule has 0 spiro atoms. The van der Waals surface area contributed by atoms with E-state index in [0.29, 0.717) is 12.5 Å². The molecule has 2 aliphatic rings. The van der Waals surface area contributed by atoms with Crippen LogP contribution in [0.3, 0.4) is 0 Å². The molecule has 0 amide bonds. The van der Waals surface area contributed by atoms with Gasteiger partial charge >= 0.3 is 0 Å². The Kier molecular flexibility index (Phi) is 2.46. The molecule has 1 heteroatoms. The highest BCUT2D eigenvalue weighted by Crippen LogP contribution is 2.53. The molecule has 0 saturated heterocycles. The second-order valence-electron chi connectivity index (χ2n) is 4.81. The molecule has 0 radical (unpaired) electrons. The Bertz CT molecular complexity index is 207. The zero-order chi connectivity index (χ0) is 9.42. The average Bonchev–Trinajstić information content (AvgIpc) is 2.80. The Labute approximate surface area is 80.8 Å². The smallest absolute Gasteiger partial charge is 0.0464 e. The molecule has 2 aliphatic carbocycles. The lowest BCUT2D eigenvalue weighted by Gasteiger charge is -2.11. The Morgan fingerprint density at radius 1 is 1.08 bits per heavy atom. The first-order valence-corrected chi connectivity index (χ1v) is 5.50. The van der Waals surface area contributed by atoms with Gasteiger partial charge in [-0.1, -0.05) is 11.1 Å². The maximum atomic E-state index is 9.14. The third-order valence-corrected chi connectivity index (χ3v) is 4.15. The summed E-state index contributed by atoms with van der Waals surface area (Å²) in [5.74, 6) is 2.36. The molecule has 1 fully saturated rings. The van der Waals surface area contributed by atoms with Gasteiger partial charge in [0.05, 0.1) is 0 Å². The lowest BCUT2D eigenvalue weighted by atomic mass is 9.95. The highest BCUT2D eigenvalue weighted by molar-refractivity contribution is 5.14. The van der Waals surface area contributed by atoms with Gasteiger partial charge in [0.25, 0.3) is 0 Å². The van der Waals surface area contributed by atoms with Crippen LogP contribution in [0.2, 0.25) is 0 Å². The maximum absolute atomic E-state index is 9.14. The number of allylic oxidation sites excluding steroid dienone is 2. The largest absolute Gasteiger partial charge is 0.396 e. The van der Waals surface area contributed by atoms with E-state index in [2.05, 4.69) is 13.8 Å². The quantitative estimate of drug-likeness (QED) is 0.615. The van der Waals surface area contributed by atoms with Crippen molar-refractivity contribution in [1.82, 2.24) is 0 Å². The van der Waals surface area contributed by atoms with E-state index in [9.17, 15) is 0 Å². The Balaban J connectivity index is 1.99. The fourth-order valence-electron chi connectivity index (χ4n) is 2.84. The summed E-state index contributed by atoms with van der Waals surface area (Å²) in [6, 6.07) is 0. The Morgan fingerprint density at radius 3 is 1.92 bits per heavy atom. The monoisotopic (exact) mass is 180 g/mol. The van der Waals surface area contributed by atoms with Crippen LogP contribution < -0.4 is 0 Å². The molecular weight excluding hydrogens is 160 g/mol. The van der Waals surface area contributed by atoms with E-state index in [-0.39, 0.29) is 0 Å². The van der Waals surface area contributed by atoms with E-state index in [0.717, 1.165) is 11.8 Å². The summed E-state index contributed by atoms with van der Waals surface area (Å²) in [6.45, 7) is 4.96. The zero-order valence-electron chi connectivity index (χ0n) is 8.71. The molecule has 0 aromatic rings. The van der Waals surface area contributed by atoms with Crippen molar-refractivity contribution < 1.29 is 5.11 Å².